The summed E-state index contributed by atoms with van der Waals surface area (Å²) >= 11 is 0. The van der Waals surface area contributed by atoms with E-state index in [-0.39, 0.29) is 0 Å². The summed E-state index contributed by atoms with van der Waals surface area (Å²) in [4.78, 5) is 6.57. The van der Waals surface area contributed by atoms with Crippen molar-refractivity contribution in [1.82, 2.24) is 24.6 Å². The van der Waals surface area contributed by atoms with Crippen molar-refractivity contribution < 1.29 is 0 Å². The Morgan fingerprint density at radius 3 is 2.58 bits per heavy atom. The van der Waals surface area contributed by atoms with Gasteiger partial charge in [0, 0.05) is 57.9 Å². The fourth-order valence-corrected chi connectivity index (χ4v) is 3.12. The number of hydrogen-bond donors (Lipinski definition) is 1. The van der Waals surface area contributed by atoms with Gasteiger partial charge in [0.2, 0.25) is 0 Å². The van der Waals surface area contributed by atoms with E-state index in [1.807, 2.05) is 18.8 Å². The summed E-state index contributed by atoms with van der Waals surface area (Å²) < 4.78 is 4.14. The van der Waals surface area contributed by atoms with Gasteiger partial charge in [0.05, 0.1) is 12.2 Å². The number of hydrogen-bond acceptors (Lipinski definition) is 2. The Morgan fingerprint density at radius 2 is 2.04 bits per heavy atom. The quantitative estimate of drug-likeness (QED) is 0.652. The smallest absolute Gasteiger partial charge is 0.194 e. The van der Waals surface area contributed by atoms with E-state index in [0.717, 1.165) is 31.9 Å². The molecule has 0 aliphatic carbocycles. The molecule has 24 heavy (non-hydrogen) atoms. The molecule has 0 saturated heterocycles. The zero-order chi connectivity index (χ0) is 17.7. The predicted octanol–water partition coefficient (Wildman–Crippen LogP) is 2.09. The highest BCUT2D eigenvalue weighted by atomic mass is 15.3. The largest absolute Gasteiger partial charge is 0.353 e. The fourth-order valence-electron chi connectivity index (χ4n) is 3.12. The summed E-state index contributed by atoms with van der Waals surface area (Å²) in [6, 6.07) is 4.20. The lowest BCUT2D eigenvalue weighted by Crippen LogP contribution is -2.38. The average molecular weight is 330 g/mol. The van der Waals surface area contributed by atoms with Crippen LogP contribution in [0.15, 0.2) is 23.3 Å². The standard InChI is InChI=1S/C18H30N6/c1-7-16-15(17(8-2)24(6)21-16)12-20-18(19-3)23(5)13-14-10-9-11-22(14)4/h9-11H,7-8,12-13H2,1-6H3,(H,19,20). The normalized spacial score (nSPS) is 11.8. The zero-order valence-electron chi connectivity index (χ0n) is 15.8. The maximum atomic E-state index is 4.64. The van der Waals surface area contributed by atoms with Crippen LogP contribution >= 0.6 is 0 Å². The van der Waals surface area contributed by atoms with Gasteiger partial charge in [-0.25, -0.2) is 0 Å². The van der Waals surface area contributed by atoms with Crippen molar-refractivity contribution in [2.75, 3.05) is 14.1 Å². The summed E-state index contributed by atoms with van der Waals surface area (Å²) in [5, 5.41) is 8.13. The van der Waals surface area contributed by atoms with Gasteiger partial charge >= 0.3 is 0 Å². The molecule has 0 aliphatic heterocycles. The first kappa shape index (κ1) is 18.1. The Balaban J connectivity index is 2.08. The van der Waals surface area contributed by atoms with Crippen LogP contribution in [0.5, 0.6) is 0 Å². The van der Waals surface area contributed by atoms with Crippen LogP contribution in [0.3, 0.4) is 0 Å². The van der Waals surface area contributed by atoms with E-state index >= 15 is 0 Å². The first-order valence-electron chi connectivity index (χ1n) is 8.57. The summed E-state index contributed by atoms with van der Waals surface area (Å²) in [5.41, 5.74) is 5.02. The van der Waals surface area contributed by atoms with E-state index in [9.17, 15) is 0 Å². The molecule has 6 heteroatoms. The van der Waals surface area contributed by atoms with Crippen molar-refractivity contribution in [2.45, 2.75) is 39.8 Å². The van der Waals surface area contributed by atoms with Gasteiger partial charge in [-0.2, -0.15) is 5.10 Å². The minimum absolute atomic E-state index is 0.754. The lowest BCUT2D eigenvalue weighted by molar-refractivity contribution is 0.461. The van der Waals surface area contributed by atoms with E-state index in [2.05, 4.69) is 71.1 Å². The maximum absolute atomic E-state index is 4.64. The number of guanidine groups is 1. The molecule has 2 aromatic heterocycles. The van der Waals surface area contributed by atoms with Crippen LogP contribution in [-0.2, 0) is 40.0 Å². The second-order valence-electron chi connectivity index (χ2n) is 6.07. The summed E-state index contributed by atoms with van der Waals surface area (Å²) in [7, 11) is 7.98. The molecular weight excluding hydrogens is 300 g/mol. The van der Waals surface area contributed by atoms with Crippen LogP contribution in [-0.4, -0.2) is 39.3 Å². The molecule has 0 radical (unpaired) electrons. The Bertz CT molecular complexity index is 694. The topological polar surface area (TPSA) is 50.4 Å². The lowest BCUT2D eigenvalue weighted by Gasteiger charge is -2.22. The summed E-state index contributed by atoms with van der Waals surface area (Å²) in [6.45, 7) is 5.90. The van der Waals surface area contributed by atoms with Gasteiger partial charge in [-0.3, -0.25) is 9.67 Å². The molecule has 0 bridgehead atoms. The zero-order valence-corrected chi connectivity index (χ0v) is 15.8. The summed E-state index contributed by atoms with van der Waals surface area (Å²) in [5.74, 6) is 0.893. The van der Waals surface area contributed by atoms with E-state index in [1.54, 1.807) is 0 Å². The molecular formula is C18H30N6. The molecule has 6 nitrogen and oxygen atoms in total. The van der Waals surface area contributed by atoms with Crippen LogP contribution in [0.1, 0.15) is 36.5 Å². The Kier molecular flexibility index (Phi) is 6.06. The SMILES string of the molecule is CCc1nn(C)c(CC)c1CNC(=NC)N(C)Cc1cccn1C. The van der Waals surface area contributed by atoms with Crippen molar-refractivity contribution in [3.8, 4) is 0 Å². The van der Waals surface area contributed by atoms with E-state index in [0.29, 0.717) is 0 Å². The first-order chi connectivity index (χ1) is 11.5. The highest BCUT2D eigenvalue weighted by Gasteiger charge is 2.15. The second kappa shape index (κ2) is 8.04. The molecule has 132 valence electrons. The molecule has 0 aromatic carbocycles. The number of nitrogens with one attached hydrogen (secondary N) is 1. The van der Waals surface area contributed by atoms with Crippen molar-refractivity contribution in [3.05, 3.63) is 41.0 Å². The number of rotatable bonds is 6. The molecule has 1 N–H and O–H groups in total. The Morgan fingerprint density at radius 1 is 1.29 bits per heavy atom. The van der Waals surface area contributed by atoms with Crippen molar-refractivity contribution in [3.63, 3.8) is 0 Å². The summed E-state index contributed by atoms with van der Waals surface area (Å²) in [6.07, 6.45) is 4.00. The van der Waals surface area contributed by atoms with Crippen LogP contribution in [0.4, 0.5) is 0 Å². The van der Waals surface area contributed by atoms with Gasteiger partial charge < -0.3 is 14.8 Å². The predicted molar refractivity (Wildman–Crippen MR) is 99.0 cm³/mol. The highest BCUT2D eigenvalue weighted by Crippen LogP contribution is 2.15. The van der Waals surface area contributed by atoms with Crippen LogP contribution in [0, 0.1) is 0 Å². The van der Waals surface area contributed by atoms with Crippen molar-refractivity contribution in [1.29, 1.82) is 0 Å². The third kappa shape index (κ3) is 3.80. The Hall–Kier alpha value is -2.24. The third-order valence-corrected chi connectivity index (χ3v) is 4.47. The van der Waals surface area contributed by atoms with Gasteiger partial charge in [0.1, 0.15) is 0 Å². The first-order valence-corrected chi connectivity index (χ1v) is 8.57. The number of nitrogens with zero attached hydrogens (tertiary/aromatic N) is 5. The lowest BCUT2D eigenvalue weighted by atomic mass is 10.1. The van der Waals surface area contributed by atoms with Gasteiger partial charge in [-0.15, -0.1) is 0 Å². The minimum Gasteiger partial charge on any atom is -0.353 e. The third-order valence-electron chi connectivity index (χ3n) is 4.47. The average Bonchev–Trinajstić information content (AvgIpc) is 3.10. The molecule has 0 unspecified atom stereocenters. The molecule has 0 atom stereocenters. The van der Waals surface area contributed by atoms with Crippen LogP contribution in [0.2, 0.25) is 0 Å². The molecule has 0 fully saturated rings. The number of aromatic nitrogens is 3. The molecule has 2 aromatic rings. The maximum Gasteiger partial charge on any atom is 0.194 e. The molecule has 0 spiro atoms. The van der Waals surface area contributed by atoms with E-state index in [1.165, 1.54) is 22.6 Å². The number of aryl methyl sites for hydroxylation is 3. The van der Waals surface area contributed by atoms with Crippen molar-refractivity contribution >= 4 is 5.96 Å². The van der Waals surface area contributed by atoms with Crippen LogP contribution < -0.4 is 5.32 Å². The van der Waals surface area contributed by atoms with Gasteiger partial charge in [-0.05, 0) is 25.0 Å². The molecule has 0 saturated carbocycles. The molecule has 0 aliphatic rings. The fraction of sp³-hybridized carbons (Fsp3) is 0.556. The van der Waals surface area contributed by atoms with Gasteiger partial charge in [-0.1, -0.05) is 13.8 Å². The van der Waals surface area contributed by atoms with Gasteiger partial charge in [0.15, 0.2) is 5.96 Å². The van der Waals surface area contributed by atoms with E-state index in [4.69, 9.17) is 0 Å². The second-order valence-corrected chi connectivity index (χ2v) is 6.07. The minimum atomic E-state index is 0.754. The van der Waals surface area contributed by atoms with E-state index < -0.39 is 0 Å². The van der Waals surface area contributed by atoms with Crippen LogP contribution in [0.25, 0.3) is 0 Å². The monoisotopic (exact) mass is 330 g/mol. The van der Waals surface area contributed by atoms with Crippen molar-refractivity contribution in [2.24, 2.45) is 19.1 Å². The van der Waals surface area contributed by atoms with Gasteiger partial charge in [0.25, 0.3) is 0 Å². The molecule has 0 amide bonds. The highest BCUT2D eigenvalue weighted by molar-refractivity contribution is 5.79. The number of aliphatic imine (C=N–C) groups is 1. The molecule has 2 heterocycles. The Labute approximate surface area is 145 Å². The molecule has 2 rings (SSSR count).